The maximum atomic E-state index is 11.7. The number of anilines is 1. The van der Waals surface area contributed by atoms with Crippen LogP contribution in [0.4, 0.5) is 5.69 Å². The second-order valence-corrected chi connectivity index (χ2v) is 5.53. The molecule has 0 aliphatic rings. The van der Waals surface area contributed by atoms with Crippen molar-refractivity contribution in [2.45, 2.75) is 6.92 Å². The molecule has 2 aromatic rings. The average Bonchev–Trinajstić information content (AvgIpc) is 2.94. The molecule has 0 atom stereocenters. The van der Waals surface area contributed by atoms with Crippen molar-refractivity contribution in [3.63, 3.8) is 0 Å². The molecule has 1 heterocycles. The van der Waals surface area contributed by atoms with Crippen molar-refractivity contribution in [2.75, 3.05) is 11.9 Å². The predicted molar refractivity (Wildman–Crippen MR) is 81.5 cm³/mol. The lowest BCUT2D eigenvalue weighted by molar-refractivity contribution is -0.115. The normalized spacial score (nSPS) is 10.1. The summed E-state index contributed by atoms with van der Waals surface area (Å²) < 4.78 is 0. The molecule has 0 saturated heterocycles. The van der Waals surface area contributed by atoms with E-state index in [0.29, 0.717) is 15.6 Å². The van der Waals surface area contributed by atoms with Crippen LogP contribution < -0.4 is 10.6 Å². The molecule has 0 bridgehead atoms. The Morgan fingerprint density at radius 3 is 2.75 bits per heavy atom. The number of carbonyl (C=O) groups excluding carboxylic acids is 2. The fraction of sp³-hybridized carbons (Fsp3) is 0.143. The van der Waals surface area contributed by atoms with Crippen molar-refractivity contribution < 1.29 is 9.59 Å². The first-order chi connectivity index (χ1) is 9.56. The number of thiophene rings is 1. The maximum absolute atomic E-state index is 11.7. The van der Waals surface area contributed by atoms with Gasteiger partial charge >= 0.3 is 0 Å². The second kappa shape index (κ2) is 6.54. The van der Waals surface area contributed by atoms with Crippen molar-refractivity contribution in [1.82, 2.24) is 5.32 Å². The van der Waals surface area contributed by atoms with Gasteiger partial charge in [-0.3, -0.25) is 9.59 Å². The molecule has 20 heavy (non-hydrogen) atoms. The van der Waals surface area contributed by atoms with Crippen molar-refractivity contribution in [3.8, 4) is 0 Å². The second-order valence-electron chi connectivity index (χ2n) is 4.17. The van der Waals surface area contributed by atoms with Crippen LogP contribution in [0.3, 0.4) is 0 Å². The van der Waals surface area contributed by atoms with Crippen molar-refractivity contribution >= 4 is 40.4 Å². The molecule has 0 aliphatic carbocycles. The molecule has 0 radical (unpaired) electrons. The van der Waals surface area contributed by atoms with Crippen LogP contribution >= 0.6 is 22.9 Å². The van der Waals surface area contributed by atoms with Crippen LogP contribution in [0, 0.1) is 6.92 Å². The lowest BCUT2D eigenvalue weighted by atomic mass is 10.2. The van der Waals surface area contributed by atoms with E-state index in [1.165, 1.54) is 11.3 Å². The number of hydrogen-bond acceptors (Lipinski definition) is 3. The van der Waals surface area contributed by atoms with Gasteiger partial charge in [-0.05, 0) is 36.1 Å². The lowest BCUT2D eigenvalue weighted by Gasteiger charge is -2.07. The summed E-state index contributed by atoms with van der Waals surface area (Å²) in [4.78, 5) is 24.0. The van der Waals surface area contributed by atoms with Gasteiger partial charge in [0.05, 0.1) is 11.4 Å². The molecule has 0 aliphatic heterocycles. The van der Waals surface area contributed by atoms with E-state index < -0.39 is 0 Å². The van der Waals surface area contributed by atoms with Crippen molar-refractivity contribution in [1.29, 1.82) is 0 Å². The van der Waals surface area contributed by atoms with Gasteiger partial charge in [0, 0.05) is 10.7 Å². The van der Waals surface area contributed by atoms with E-state index in [1.54, 1.807) is 24.3 Å². The molecule has 1 aromatic carbocycles. The van der Waals surface area contributed by atoms with E-state index in [-0.39, 0.29) is 18.4 Å². The Labute approximate surface area is 125 Å². The highest BCUT2D eigenvalue weighted by Gasteiger charge is 2.09. The molecule has 2 N–H and O–H groups in total. The standard InChI is InChI=1S/C14H13ClN2O2S/c1-9-4-5-10(7-11(9)15)17-13(18)8-16-14(19)12-3-2-6-20-12/h2-7H,8H2,1H3,(H,16,19)(H,17,18). The molecule has 4 nitrogen and oxygen atoms in total. The Hall–Kier alpha value is -1.85. The zero-order valence-electron chi connectivity index (χ0n) is 10.8. The highest BCUT2D eigenvalue weighted by molar-refractivity contribution is 7.12. The minimum absolute atomic E-state index is 0.0811. The third kappa shape index (κ3) is 3.82. The quantitative estimate of drug-likeness (QED) is 0.912. The Morgan fingerprint density at radius 2 is 2.10 bits per heavy atom. The summed E-state index contributed by atoms with van der Waals surface area (Å²) in [5.41, 5.74) is 1.55. The minimum Gasteiger partial charge on any atom is -0.342 e. The SMILES string of the molecule is Cc1ccc(NC(=O)CNC(=O)c2cccs2)cc1Cl. The van der Waals surface area contributed by atoms with E-state index in [2.05, 4.69) is 10.6 Å². The van der Waals surface area contributed by atoms with Gasteiger partial charge in [-0.2, -0.15) is 0 Å². The Balaban J connectivity index is 1.86. The molecule has 0 unspecified atom stereocenters. The van der Waals surface area contributed by atoms with Crippen LogP contribution in [0.25, 0.3) is 0 Å². The third-order valence-electron chi connectivity index (χ3n) is 2.61. The Kier molecular flexibility index (Phi) is 4.76. The third-order valence-corrected chi connectivity index (χ3v) is 3.89. The molecular formula is C14H13ClN2O2S. The van der Waals surface area contributed by atoms with Gasteiger partial charge in [0.25, 0.3) is 5.91 Å². The number of hydrogen-bond donors (Lipinski definition) is 2. The fourth-order valence-electron chi connectivity index (χ4n) is 1.53. The topological polar surface area (TPSA) is 58.2 Å². The summed E-state index contributed by atoms with van der Waals surface area (Å²) >= 11 is 7.30. The number of nitrogens with one attached hydrogen (secondary N) is 2. The van der Waals surface area contributed by atoms with Crippen LogP contribution in [0.2, 0.25) is 5.02 Å². The highest BCUT2D eigenvalue weighted by atomic mass is 35.5. The van der Waals surface area contributed by atoms with Crippen LogP contribution in [0.1, 0.15) is 15.2 Å². The van der Waals surface area contributed by atoms with Crippen molar-refractivity contribution in [2.24, 2.45) is 0 Å². The number of benzene rings is 1. The van der Waals surface area contributed by atoms with E-state index in [1.807, 2.05) is 18.4 Å². The van der Waals surface area contributed by atoms with Gasteiger partial charge in [-0.15, -0.1) is 11.3 Å². The molecule has 6 heteroatoms. The summed E-state index contributed by atoms with van der Waals surface area (Å²) in [7, 11) is 0. The monoisotopic (exact) mass is 308 g/mol. The number of aryl methyl sites for hydroxylation is 1. The van der Waals surface area contributed by atoms with E-state index in [9.17, 15) is 9.59 Å². The molecule has 0 fully saturated rings. The van der Waals surface area contributed by atoms with Gasteiger partial charge in [0.2, 0.25) is 5.91 Å². The fourth-order valence-corrected chi connectivity index (χ4v) is 2.35. The zero-order valence-corrected chi connectivity index (χ0v) is 12.3. The molecule has 1 aromatic heterocycles. The van der Waals surface area contributed by atoms with Crippen LogP contribution in [-0.4, -0.2) is 18.4 Å². The van der Waals surface area contributed by atoms with Gasteiger partial charge < -0.3 is 10.6 Å². The van der Waals surface area contributed by atoms with E-state index in [4.69, 9.17) is 11.6 Å². The zero-order chi connectivity index (χ0) is 14.5. The number of rotatable bonds is 4. The molecule has 0 saturated carbocycles. The molecule has 2 rings (SSSR count). The first-order valence-corrected chi connectivity index (χ1v) is 7.20. The van der Waals surface area contributed by atoms with Gasteiger partial charge in [0.1, 0.15) is 0 Å². The maximum Gasteiger partial charge on any atom is 0.261 e. The summed E-state index contributed by atoms with van der Waals surface area (Å²) in [6, 6.07) is 8.75. The van der Waals surface area contributed by atoms with Crippen LogP contribution in [0.5, 0.6) is 0 Å². The van der Waals surface area contributed by atoms with Crippen molar-refractivity contribution in [3.05, 3.63) is 51.2 Å². The predicted octanol–water partition coefficient (Wildman–Crippen LogP) is 3.08. The minimum atomic E-state index is -0.296. The van der Waals surface area contributed by atoms with E-state index in [0.717, 1.165) is 5.56 Å². The number of amides is 2. The molecular weight excluding hydrogens is 296 g/mol. The summed E-state index contributed by atoms with van der Waals surface area (Å²) in [5, 5.41) is 7.63. The lowest BCUT2D eigenvalue weighted by Crippen LogP contribution is -2.32. The number of carbonyl (C=O) groups is 2. The first-order valence-electron chi connectivity index (χ1n) is 5.94. The highest BCUT2D eigenvalue weighted by Crippen LogP contribution is 2.19. The summed E-state index contributed by atoms with van der Waals surface area (Å²) in [6.45, 7) is 1.80. The first kappa shape index (κ1) is 14.6. The molecule has 104 valence electrons. The van der Waals surface area contributed by atoms with Gasteiger partial charge in [-0.1, -0.05) is 23.7 Å². The molecule has 0 spiro atoms. The Morgan fingerprint density at radius 1 is 1.30 bits per heavy atom. The van der Waals surface area contributed by atoms with Gasteiger partial charge in [0.15, 0.2) is 0 Å². The summed E-state index contributed by atoms with van der Waals surface area (Å²) in [5.74, 6) is -0.549. The molecule has 2 amide bonds. The smallest absolute Gasteiger partial charge is 0.261 e. The van der Waals surface area contributed by atoms with Crippen LogP contribution in [0.15, 0.2) is 35.7 Å². The van der Waals surface area contributed by atoms with E-state index >= 15 is 0 Å². The largest absolute Gasteiger partial charge is 0.342 e. The van der Waals surface area contributed by atoms with Crippen LogP contribution in [-0.2, 0) is 4.79 Å². The average molecular weight is 309 g/mol. The number of halogens is 1. The Bertz CT molecular complexity index is 626. The van der Waals surface area contributed by atoms with Gasteiger partial charge in [-0.25, -0.2) is 0 Å². The summed E-state index contributed by atoms with van der Waals surface area (Å²) in [6.07, 6.45) is 0.